The van der Waals surface area contributed by atoms with Crippen LogP contribution in [0.25, 0.3) is 11.1 Å². The molecule has 0 aliphatic heterocycles. The Labute approximate surface area is 101 Å². The van der Waals surface area contributed by atoms with Crippen LogP contribution in [-0.4, -0.2) is 10.8 Å². The molecule has 0 N–H and O–H groups in total. The van der Waals surface area contributed by atoms with E-state index in [4.69, 9.17) is 4.42 Å². The number of carbonyl (C=O) groups excluding carboxylic acids is 1. The third kappa shape index (κ3) is 2.54. The molecule has 1 aromatic carbocycles. The third-order valence-electron chi connectivity index (χ3n) is 3.17. The molecule has 1 heterocycles. The molecule has 1 atom stereocenters. The molecular formula is C14H17NO2. The Hall–Kier alpha value is -1.64. The van der Waals surface area contributed by atoms with Crippen LogP contribution in [0.3, 0.4) is 0 Å². The maximum Gasteiger partial charge on any atom is 0.202 e. The van der Waals surface area contributed by atoms with Crippen LogP contribution < -0.4 is 0 Å². The molecular weight excluding hydrogens is 214 g/mol. The maximum atomic E-state index is 11.9. The number of hydrogen-bond acceptors (Lipinski definition) is 3. The second-order valence-corrected chi connectivity index (χ2v) is 4.75. The largest absolute Gasteiger partial charge is 0.440 e. The van der Waals surface area contributed by atoms with Crippen LogP contribution in [-0.2, 0) is 11.2 Å². The summed E-state index contributed by atoms with van der Waals surface area (Å²) in [5.41, 5.74) is 1.56. The van der Waals surface area contributed by atoms with Gasteiger partial charge in [-0.2, -0.15) is 0 Å². The Morgan fingerprint density at radius 3 is 2.65 bits per heavy atom. The lowest BCUT2D eigenvalue weighted by atomic mass is 9.92. The molecule has 1 aromatic heterocycles. The minimum absolute atomic E-state index is 0.0463. The average Bonchev–Trinajstić information content (AvgIpc) is 2.69. The molecule has 0 saturated carbocycles. The molecule has 0 aliphatic carbocycles. The van der Waals surface area contributed by atoms with E-state index in [1.807, 2.05) is 31.2 Å². The molecule has 0 spiro atoms. The fourth-order valence-corrected chi connectivity index (χ4v) is 1.68. The van der Waals surface area contributed by atoms with Crippen molar-refractivity contribution in [1.82, 2.24) is 4.98 Å². The molecule has 1 unspecified atom stereocenters. The summed E-state index contributed by atoms with van der Waals surface area (Å²) < 4.78 is 5.54. The lowest BCUT2D eigenvalue weighted by Gasteiger charge is -2.12. The Bertz CT molecular complexity index is 495. The van der Waals surface area contributed by atoms with Gasteiger partial charge >= 0.3 is 0 Å². The van der Waals surface area contributed by atoms with Crippen molar-refractivity contribution in [2.24, 2.45) is 11.8 Å². The first-order chi connectivity index (χ1) is 8.08. The number of para-hydroxylation sites is 2. The molecule has 0 amide bonds. The van der Waals surface area contributed by atoms with Gasteiger partial charge in [0.15, 0.2) is 5.58 Å². The fraction of sp³-hybridized carbons (Fsp3) is 0.429. The van der Waals surface area contributed by atoms with Crippen molar-refractivity contribution >= 4 is 16.9 Å². The summed E-state index contributed by atoms with van der Waals surface area (Å²) >= 11 is 0. The molecule has 2 aromatic rings. The molecule has 0 bridgehead atoms. The Kier molecular flexibility index (Phi) is 3.27. The molecule has 2 rings (SSSR count). The van der Waals surface area contributed by atoms with Gasteiger partial charge in [-0.3, -0.25) is 4.79 Å². The van der Waals surface area contributed by atoms with Gasteiger partial charge in [-0.15, -0.1) is 0 Å². The second-order valence-electron chi connectivity index (χ2n) is 4.75. The van der Waals surface area contributed by atoms with E-state index in [-0.39, 0.29) is 18.1 Å². The Morgan fingerprint density at radius 1 is 1.29 bits per heavy atom. The summed E-state index contributed by atoms with van der Waals surface area (Å²) in [6.07, 6.45) is 0.286. The number of ketones is 1. The van der Waals surface area contributed by atoms with Crippen LogP contribution >= 0.6 is 0 Å². The minimum Gasteiger partial charge on any atom is -0.440 e. The van der Waals surface area contributed by atoms with Crippen LogP contribution in [0.2, 0.25) is 0 Å². The van der Waals surface area contributed by atoms with Crippen LogP contribution in [0, 0.1) is 11.8 Å². The highest BCUT2D eigenvalue weighted by Gasteiger charge is 2.19. The van der Waals surface area contributed by atoms with Crippen LogP contribution in [0.5, 0.6) is 0 Å². The highest BCUT2D eigenvalue weighted by Crippen LogP contribution is 2.18. The summed E-state index contributed by atoms with van der Waals surface area (Å²) in [5, 5.41) is 0. The van der Waals surface area contributed by atoms with E-state index in [0.717, 1.165) is 11.1 Å². The zero-order valence-corrected chi connectivity index (χ0v) is 10.4. The van der Waals surface area contributed by atoms with Gasteiger partial charge in [-0.1, -0.05) is 32.9 Å². The molecule has 17 heavy (non-hydrogen) atoms. The van der Waals surface area contributed by atoms with E-state index in [9.17, 15) is 4.79 Å². The van der Waals surface area contributed by atoms with E-state index >= 15 is 0 Å². The quantitative estimate of drug-likeness (QED) is 0.811. The summed E-state index contributed by atoms with van der Waals surface area (Å²) in [7, 11) is 0. The topological polar surface area (TPSA) is 43.1 Å². The number of oxazole rings is 1. The molecule has 0 fully saturated rings. The standard InChI is InChI=1S/C14H17NO2/c1-9(2)10(3)12(16)8-14-15-11-6-4-5-7-13(11)17-14/h4-7,9-10H,8H2,1-3H3. The summed E-state index contributed by atoms with van der Waals surface area (Å²) in [6, 6.07) is 7.56. The van der Waals surface area contributed by atoms with E-state index in [1.54, 1.807) is 0 Å². The second kappa shape index (κ2) is 4.70. The van der Waals surface area contributed by atoms with E-state index in [0.29, 0.717) is 11.8 Å². The molecule has 3 heteroatoms. The summed E-state index contributed by atoms with van der Waals surface area (Å²) in [6.45, 7) is 6.05. The van der Waals surface area contributed by atoms with Crippen molar-refractivity contribution in [3.63, 3.8) is 0 Å². The van der Waals surface area contributed by atoms with Crippen LogP contribution in [0.4, 0.5) is 0 Å². The number of rotatable bonds is 4. The van der Waals surface area contributed by atoms with Crippen LogP contribution in [0.1, 0.15) is 26.7 Å². The van der Waals surface area contributed by atoms with E-state index < -0.39 is 0 Å². The van der Waals surface area contributed by atoms with Crippen molar-refractivity contribution in [2.45, 2.75) is 27.2 Å². The van der Waals surface area contributed by atoms with Crippen molar-refractivity contribution < 1.29 is 9.21 Å². The number of carbonyl (C=O) groups is 1. The van der Waals surface area contributed by atoms with Gasteiger partial charge in [-0.05, 0) is 18.1 Å². The lowest BCUT2D eigenvalue weighted by molar-refractivity contribution is -0.123. The third-order valence-corrected chi connectivity index (χ3v) is 3.17. The normalized spacial score (nSPS) is 13.2. The summed E-state index contributed by atoms with van der Waals surface area (Å²) in [5.74, 6) is 1.10. The molecule has 3 nitrogen and oxygen atoms in total. The number of Topliss-reactive ketones (excluding diaryl/α,β-unsaturated/α-hetero) is 1. The first kappa shape index (κ1) is 11.8. The van der Waals surface area contributed by atoms with Gasteiger partial charge < -0.3 is 4.42 Å². The molecule has 0 aliphatic rings. The lowest BCUT2D eigenvalue weighted by Crippen LogP contribution is -2.18. The zero-order valence-electron chi connectivity index (χ0n) is 10.4. The van der Waals surface area contributed by atoms with E-state index in [1.165, 1.54) is 0 Å². The van der Waals surface area contributed by atoms with Crippen molar-refractivity contribution in [3.05, 3.63) is 30.2 Å². The summed E-state index contributed by atoms with van der Waals surface area (Å²) in [4.78, 5) is 16.2. The number of hydrogen-bond donors (Lipinski definition) is 0. The number of fused-ring (bicyclic) bond motifs is 1. The predicted molar refractivity (Wildman–Crippen MR) is 66.7 cm³/mol. The first-order valence-corrected chi connectivity index (χ1v) is 5.95. The number of benzene rings is 1. The van der Waals surface area contributed by atoms with Gasteiger partial charge in [0.1, 0.15) is 11.3 Å². The molecule has 0 saturated heterocycles. The van der Waals surface area contributed by atoms with Crippen molar-refractivity contribution in [1.29, 1.82) is 0 Å². The Balaban J connectivity index is 2.16. The van der Waals surface area contributed by atoms with Crippen molar-refractivity contribution in [2.75, 3.05) is 0 Å². The number of aromatic nitrogens is 1. The van der Waals surface area contributed by atoms with Gasteiger partial charge in [0, 0.05) is 5.92 Å². The fourth-order valence-electron chi connectivity index (χ4n) is 1.68. The predicted octanol–water partition coefficient (Wildman–Crippen LogP) is 3.23. The monoisotopic (exact) mass is 231 g/mol. The SMILES string of the molecule is CC(C)C(C)C(=O)Cc1nc2ccccc2o1. The highest BCUT2D eigenvalue weighted by atomic mass is 16.3. The smallest absolute Gasteiger partial charge is 0.202 e. The number of nitrogens with zero attached hydrogens (tertiary/aromatic N) is 1. The molecule has 0 radical (unpaired) electrons. The van der Waals surface area contributed by atoms with Gasteiger partial charge in [0.05, 0.1) is 6.42 Å². The van der Waals surface area contributed by atoms with Gasteiger partial charge in [0.2, 0.25) is 5.89 Å². The van der Waals surface area contributed by atoms with E-state index in [2.05, 4.69) is 18.8 Å². The zero-order chi connectivity index (χ0) is 12.4. The average molecular weight is 231 g/mol. The van der Waals surface area contributed by atoms with Crippen molar-refractivity contribution in [3.8, 4) is 0 Å². The van der Waals surface area contributed by atoms with Gasteiger partial charge in [0.25, 0.3) is 0 Å². The highest BCUT2D eigenvalue weighted by molar-refractivity contribution is 5.83. The van der Waals surface area contributed by atoms with Crippen LogP contribution in [0.15, 0.2) is 28.7 Å². The Morgan fingerprint density at radius 2 is 2.00 bits per heavy atom. The first-order valence-electron chi connectivity index (χ1n) is 5.95. The van der Waals surface area contributed by atoms with Gasteiger partial charge in [-0.25, -0.2) is 4.98 Å². The maximum absolute atomic E-state index is 11.9. The minimum atomic E-state index is 0.0463. The molecule has 90 valence electrons.